The number of nitrogens with one attached hydrogen (secondary N) is 1. The van der Waals surface area contributed by atoms with Crippen molar-refractivity contribution in [2.75, 3.05) is 6.26 Å². The predicted molar refractivity (Wildman–Crippen MR) is 71.4 cm³/mol. The Hall–Kier alpha value is -1.14. The minimum Gasteiger partial charge on any atom is -0.347 e. The largest absolute Gasteiger partial charge is 0.347 e. The molecule has 0 radical (unpaired) electrons. The number of sulfonamides is 1. The van der Waals surface area contributed by atoms with E-state index in [0.717, 1.165) is 23.9 Å². The van der Waals surface area contributed by atoms with E-state index in [-0.39, 0.29) is 0 Å². The molecule has 0 aromatic carbocycles. The summed E-state index contributed by atoms with van der Waals surface area (Å²) in [5.41, 5.74) is 1.83. The Balaban J connectivity index is 3.04. The van der Waals surface area contributed by atoms with Crippen LogP contribution in [0.25, 0.3) is 0 Å². The van der Waals surface area contributed by atoms with Gasteiger partial charge in [-0.2, -0.15) is 0 Å². The summed E-state index contributed by atoms with van der Waals surface area (Å²) in [4.78, 5) is 10.9. The van der Waals surface area contributed by atoms with E-state index >= 15 is 0 Å². The molecule has 1 N–H and O–H groups in total. The van der Waals surface area contributed by atoms with E-state index in [1.807, 2.05) is 32.3 Å². The van der Waals surface area contributed by atoms with Crippen LogP contribution in [0, 0.1) is 13.8 Å². The van der Waals surface area contributed by atoms with Crippen molar-refractivity contribution in [3.8, 4) is 0 Å². The average molecular weight is 272 g/mol. The van der Waals surface area contributed by atoms with Gasteiger partial charge in [0.05, 0.1) is 6.26 Å². The Morgan fingerprint density at radius 2 is 1.94 bits per heavy atom. The maximum Gasteiger partial charge on any atom is 0.209 e. The van der Waals surface area contributed by atoms with Crippen LogP contribution in [0.1, 0.15) is 35.6 Å². The van der Waals surface area contributed by atoms with Gasteiger partial charge in [-0.15, -0.1) is 0 Å². The molecule has 0 bridgehead atoms. The number of aldehydes is 1. The Kier molecular flexibility index (Phi) is 4.02. The number of carbonyl (C=O) groups excluding carboxylic acids is 1. The molecule has 0 amide bonds. The zero-order chi connectivity index (χ0) is 14.1. The summed E-state index contributed by atoms with van der Waals surface area (Å²) in [5, 5.41) is 0. The molecule has 5 nitrogen and oxygen atoms in total. The van der Waals surface area contributed by atoms with Crippen molar-refractivity contribution in [3.63, 3.8) is 0 Å². The summed E-state index contributed by atoms with van der Waals surface area (Å²) in [6.45, 7) is 7.86. The van der Waals surface area contributed by atoms with E-state index in [2.05, 4.69) is 4.72 Å². The van der Waals surface area contributed by atoms with E-state index in [4.69, 9.17) is 0 Å². The first-order chi connectivity index (χ1) is 8.06. The SMILES string of the molecule is Cc1cc(C=O)c(C)n1CC(C)(C)NS(C)(=O)=O. The molecule has 0 aliphatic carbocycles. The fourth-order valence-corrected chi connectivity index (χ4v) is 3.19. The smallest absolute Gasteiger partial charge is 0.209 e. The predicted octanol–water partition coefficient (Wildman–Crippen LogP) is 1.25. The number of rotatable bonds is 5. The Morgan fingerprint density at radius 1 is 1.39 bits per heavy atom. The number of aromatic nitrogens is 1. The summed E-state index contributed by atoms with van der Waals surface area (Å²) in [6.07, 6.45) is 1.96. The van der Waals surface area contributed by atoms with Gasteiger partial charge < -0.3 is 4.57 Å². The third kappa shape index (κ3) is 3.68. The summed E-state index contributed by atoms with van der Waals surface area (Å²) in [6, 6.07) is 1.80. The standard InChI is InChI=1S/C12H20N2O3S/c1-9-6-11(7-15)10(2)14(9)8-12(3,4)13-18(5,16)17/h6-7,13H,8H2,1-5H3. The van der Waals surface area contributed by atoms with Gasteiger partial charge in [0.1, 0.15) is 0 Å². The van der Waals surface area contributed by atoms with Gasteiger partial charge in [-0.3, -0.25) is 4.79 Å². The highest BCUT2D eigenvalue weighted by atomic mass is 32.2. The Bertz CT molecular complexity index is 556. The fraction of sp³-hybridized carbons (Fsp3) is 0.583. The van der Waals surface area contributed by atoms with Gasteiger partial charge in [-0.1, -0.05) is 0 Å². The van der Waals surface area contributed by atoms with Crippen LogP contribution < -0.4 is 4.72 Å². The van der Waals surface area contributed by atoms with Crippen molar-refractivity contribution >= 4 is 16.3 Å². The molecule has 1 rings (SSSR count). The number of hydrogen-bond donors (Lipinski definition) is 1. The molecule has 0 saturated heterocycles. The third-order valence-electron chi connectivity index (χ3n) is 2.75. The molecule has 0 aliphatic rings. The minimum absolute atomic E-state index is 0.478. The van der Waals surface area contributed by atoms with E-state index in [9.17, 15) is 13.2 Å². The van der Waals surface area contributed by atoms with Gasteiger partial charge in [0, 0.05) is 29.0 Å². The summed E-state index contributed by atoms with van der Waals surface area (Å²) in [7, 11) is -3.26. The van der Waals surface area contributed by atoms with Crippen molar-refractivity contribution in [2.45, 2.75) is 39.8 Å². The zero-order valence-electron chi connectivity index (χ0n) is 11.4. The van der Waals surface area contributed by atoms with Crippen molar-refractivity contribution < 1.29 is 13.2 Å². The van der Waals surface area contributed by atoms with E-state index in [1.54, 1.807) is 6.07 Å². The van der Waals surface area contributed by atoms with E-state index < -0.39 is 15.6 Å². The van der Waals surface area contributed by atoms with Gasteiger partial charge in [0.15, 0.2) is 6.29 Å². The van der Waals surface area contributed by atoms with Crippen molar-refractivity contribution in [1.82, 2.24) is 9.29 Å². The lowest BCUT2D eigenvalue weighted by Crippen LogP contribution is -2.46. The van der Waals surface area contributed by atoms with Crippen LogP contribution in [0.3, 0.4) is 0 Å². The van der Waals surface area contributed by atoms with Gasteiger partial charge in [0.25, 0.3) is 0 Å². The lowest BCUT2D eigenvalue weighted by Gasteiger charge is -2.27. The van der Waals surface area contributed by atoms with Crippen molar-refractivity contribution in [3.05, 3.63) is 23.0 Å². The van der Waals surface area contributed by atoms with Crippen LogP contribution in [-0.2, 0) is 16.6 Å². The topological polar surface area (TPSA) is 68.2 Å². The molecule has 6 heteroatoms. The monoisotopic (exact) mass is 272 g/mol. The van der Waals surface area contributed by atoms with Crippen LogP contribution in [0.5, 0.6) is 0 Å². The van der Waals surface area contributed by atoms with Gasteiger partial charge in [-0.25, -0.2) is 13.1 Å². The second-order valence-electron chi connectivity index (χ2n) is 5.29. The third-order valence-corrected chi connectivity index (χ3v) is 3.68. The van der Waals surface area contributed by atoms with Crippen molar-refractivity contribution in [1.29, 1.82) is 0 Å². The number of hydrogen-bond acceptors (Lipinski definition) is 3. The van der Waals surface area contributed by atoms with Crippen LogP contribution in [0.15, 0.2) is 6.07 Å². The molecule has 0 atom stereocenters. The summed E-state index contributed by atoms with van der Waals surface area (Å²) in [5.74, 6) is 0. The lowest BCUT2D eigenvalue weighted by atomic mass is 10.1. The minimum atomic E-state index is -3.26. The van der Waals surface area contributed by atoms with Crippen LogP contribution in [0.2, 0.25) is 0 Å². The first-order valence-electron chi connectivity index (χ1n) is 5.66. The number of aryl methyl sites for hydroxylation is 1. The molecule has 1 aromatic heterocycles. The first-order valence-corrected chi connectivity index (χ1v) is 7.56. The molecular weight excluding hydrogens is 252 g/mol. The zero-order valence-corrected chi connectivity index (χ0v) is 12.3. The molecule has 0 unspecified atom stereocenters. The summed E-state index contributed by atoms with van der Waals surface area (Å²) >= 11 is 0. The summed E-state index contributed by atoms with van der Waals surface area (Å²) < 4.78 is 27.1. The van der Waals surface area contributed by atoms with E-state index in [0.29, 0.717) is 12.1 Å². The lowest BCUT2D eigenvalue weighted by molar-refractivity contribution is 0.112. The first kappa shape index (κ1) is 14.9. The second kappa shape index (κ2) is 4.85. The fourth-order valence-electron chi connectivity index (χ4n) is 2.12. The maximum atomic E-state index is 11.3. The highest BCUT2D eigenvalue weighted by Crippen LogP contribution is 2.17. The molecule has 18 heavy (non-hydrogen) atoms. The van der Waals surface area contributed by atoms with Gasteiger partial charge in [-0.05, 0) is 33.8 Å². The number of carbonyl (C=O) groups is 1. The quantitative estimate of drug-likeness (QED) is 0.820. The highest BCUT2D eigenvalue weighted by Gasteiger charge is 2.24. The van der Waals surface area contributed by atoms with Crippen LogP contribution in [0.4, 0.5) is 0 Å². The van der Waals surface area contributed by atoms with E-state index in [1.165, 1.54) is 0 Å². The second-order valence-corrected chi connectivity index (χ2v) is 7.04. The average Bonchev–Trinajstić information content (AvgIpc) is 2.41. The molecule has 102 valence electrons. The molecule has 0 spiro atoms. The van der Waals surface area contributed by atoms with Gasteiger partial charge >= 0.3 is 0 Å². The molecular formula is C12H20N2O3S. The van der Waals surface area contributed by atoms with Crippen LogP contribution >= 0.6 is 0 Å². The Labute approximate surface area is 108 Å². The molecule has 0 fully saturated rings. The molecule has 0 aliphatic heterocycles. The molecule has 0 saturated carbocycles. The maximum absolute atomic E-state index is 11.3. The normalized spacial score (nSPS) is 12.7. The van der Waals surface area contributed by atoms with Gasteiger partial charge in [0.2, 0.25) is 10.0 Å². The molecule has 1 heterocycles. The number of nitrogens with zero attached hydrogens (tertiary/aromatic N) is 1. The van der Waals surface area contributed by atoms with Crippen LogP contribution in [-0.4, -0.2) is 31.1 Å². The molecule has 1 aromatic rings. The Morgan fingerprint density at radius 3 is 2.33 bits per heavy atom. The highest BCUT2D eigenvalue weighted by molar-refractivity contribution is 7.88. The van der Waals surface area contributed by atoms with Crippen molar-refractivity contribution in [2.24, 2.45) is 0 Å².